The largest absolute Gasteiger partial charge is 0.466 e. The Labute approximate surface area is 85.9 Å². The van der Waals surface area contributed by atoms with Crippen LogP contribution in [0.1, 0.15) is 5.56 Å². The number of halogens is 2. The summed E-state index contributed by atoms with van der Waals surface area (Å²) in [5.74, 6) is -0.913. The van der Waals surface area contributed by atoms with Crippen LogP contribution in [0.5, 0.6) is 0 Å². The standard InChI is InChI=1S/C10H8ClFO2/c1-14-10(13)5-2-7-6-8(12)3-4-9(7)11/h2-6H,1H3. The Balaban J connectivity index is 2.90. The molecule has 1 rings (SSSR count). The third kappa shape index (κ3) is 2.85. The summed E-state index contributed by atoms with van der Waals surface area (Å²) in [7, 11) is 1.26. The number of ether oxygens (including phenoxy) is 1. The fraction of sp³-hybridized carbons (Fsp3) is 0.100. The van der Waals surface area contributed by atoms with Crippen molar-refractivity contribution in [2.24, 2.45) is 0 Å². The number of hydrogen-bond donors (Lipinski definition) is 0. The van der Waals surface area contributed by atoms with Crippen molar-refractivity contribution in [2.75, 3.05) is 7.11 Å². The van der Waals surface area contributed by atoms with E-state index in [1.54, 1.807) is 0 Å². The molecule has 0 aliphatic rings. The maximum Gasteiger partial charge on any atom is 0.330 e. The Morgan fingerprint density at radius 3 is 2.93 bits per heavy atom. The maximum absolute atomic E-state index is 12.7. The van der Waals surface area contributed by atoms with Crippen molar-refractivity contribution in [3.63, 3.8) is 0 Å². The van der Waals surface area contributed by atoms with Gasteiger partial charge in [0.05, 0.1) is 7.11 Å². The molecule has 1 aromatic rings. The average molecular weight is 215 g/mol. The number of rotatable bonds is 2. The second-order valence-electron chi connectivity index (χ2n) is 2.52. The predicted octanol–water partition coefficient (Wildman–Crippen LogP) is 2.67. The Morgan fingerprint density at radius 2 is 2.29 bits per heavy atom. The van der Waals surface area contributed by atoms with E-state index in [-0.39, 0.29) is 0 Å². The molecule has 0 N–H and O–H groups in total. The summed E-state index contributed by atoms with van der Waals surface area (Å²) in [4.78, 5) is 10.7. The molecule has 0 aliphatic heterocycles. The zero-order chi connectivity index (χ0) is 10.6. The quantitative estimate of drug-likeness (QED) is 0.559. The van der Waals surface area contributed by atoms with Crippen LogP contribution in [0.15, 0.2) is 24.3 Å². The number of hydrogen-bond acceptors (Lipinski definition) is 2. The number of methoxy groups -OCH3 is 1. The highest BCUT2D eigenvalue weighted by atomic mass is 35.5. The highest BCUT2D eigenvalue weighted by molar-refractivity contribution is 6.32. The van der Waals surface area contributed by atoms with Crippen LogP contribution in [-0.4, -0.2) is 13.1 Å². The minimum absolute atomic E-state index is 0.381. The van der Waals surface area contributed by atoms with Gasteiger partial charge in [0.1, 0.15) is 5.82 Å². The van der Waals surface area contributed by atoms with E-state index in [4.69, 9.17) is 11.6 Å². The first-order valence-electron chi connectivity index (χ1n) is 3.84. The molecule has 0 amide bonds. The van der Waals surface area contributed by atoms with Gasteiger partial charge in [-0.15, -0.1) is 0 Å². The second-order valence-corrected chi connectivity index (χ2v) is 2.93. The molecule has 0 aliphatic carbocycles. The molecule has 0 radical (unpaired) electrons. The SMILES string of the molecule is COC(=O)C=Cc1cc(F)ccc1Cl. The van der Waals surface area contributed by atoms with Gasteiger partial charge in [0, 0.05) is 11.1 Å². The fourth-order valence-corrected chi connectivity index (χ4v) is 1.05. The van der Waals surface area contributed by atoms with E-state index in [1.165, 1.54) is 37.5 Å². The van der Waals surface area contributed by atoms with Crippen LogP contribution in [0.2, 0.25) is 5.02 Å². The Bertz CT molecular complexity index is 374. The predicted molar refractivity (Wildman–Crippen MR) is 52.5 cm³/mol. The van der Waals surface area contributed by atoms with E-state index in [9.17, 15) is 9.18 Å². The van der Waals surface area contributed by atoms with Crippen LogP contribution in [0, 0.1) is 5.82 Å². The molecule has 4 heteroatoms. The van der Waals surface area contributed by atoms with Gasteiger partial charge in [-0.3, -0.25) is 0 Å². The van der Waals surface area contributed by atoms with Gasteiger partial charge in [0.25, 0.3) is 0 Å². The van der Waals surface area contributed by atoms with Gasteiger partial charge in [0.15, 0.2) is 0 Å². The van der Waals surface area contributed by atoms with Gasteiger partial charge in [-0.1, -0.05) is 11.6 Å². The van der Waals surface area contributed by atoms with Crippen molar-refractivity contribution < 1.29 is 13.9 Å². The molecule has 2 nitrogen and oxygen atoms in total. The van der Waals surface area contributed by atoms with E-state index in [1.807, 2.05) is 0 Å². The van der Waals surface area contributed by atoms with Crippen LogP contribution >= 0.6 is 11.6 Å². The van der Waals surface area contributed by atoms with E-state index in [2.05, 4.69) is 4.74 Å². The summed E-state index contributed by atoms with van der Waals surface area (Å²) in [6.45, 7) is 0. The van der Waals surface area contributed by atoms with Gasteiger partial charge in [-0.05, 0) is 29.8 Å². The molecule has 0 atom stereocenters. The van der Waals surface area contributed by atoms with Crippen molar-refractivity contribution >= 4 is 23.6 Å². The molecule has 0 unspecified atom stereocenters. The summed E-state index contributed by atoms with van der Waals surface area (Å²) < 4.78 is 17.1. The Morgan fingerprint density at radius 1 is 1.57 bits per heavy atom. The van der Waals surface area contributed by atoms with Gasteiger partial charge < -0.3 is 4.74 Å². The third-order valence-electron chi connectivity index (χ3n) is 1.56. The van der Waals surface area contributed by atoms with Crippen molar-refractivity contribution in [1.82, 2.24) is 0 Å². The van der Waals surface area contributed by atoms with Crippen molar-refractivity contribution in [2.45, 2.75) is 0 Å². The second kappa shape index (κ2) is 4.77. The first kappa shape index (κ1) is 10.7. The lowest BCUT2D eigenvalue weighted by molar-refractivity contribution is -0.134. The van der Waals surface area contributed by atoms with Gasteiger partial charge in [-0.25, -0.2) is 9.18 Å². The van der Waals surface area contributed by atoms with Crippen LogP contribution in [0.25, 0.3) is 6.08 Å². The summed E-state index contributed by atoms with van der Waals surface area (Å²) in [6, 6.07) is 3.91. The number of carbonyl (C=O) groups is 1. The number of carbonyl (C=O) groups excluding carboxylic acids is 1. The summed E-state index contributed by atoms with van der Waals surface area (Å²) in [6.07, 6.45) is 2.58. The van der Waals surface area contributed by atoms with E-state index in [0.29, 0.717) is 10.6 Å². The van der Waals surface area contributed by atoms with E-state index >= 15 is 0 Å². The third-order valence-corrected chi connectivity index (χ3v) is 1.90. The lowest BCUT2D eigenvalue weighted by Gasteiger charge is -1.97. The summed E-state index contributed by atoms with van der Waals surface area (Å²) >= 11 is 5.75. The Hall–Kier alpha value is -1.35. The highest BCUT2D eigenvalue weighted by Crippen LogP contribution is 2.18. The van der Waals surface area contributed by atoms with Crippen molar-refractivity contribution in [3.05, 3.63) is 40.7 Å². The molecule has 14 heavy (non-hydrogen) atoms. The lowest BCUT2D eigenvalue weighted by atomic mass is 10.2. The maximum atomic E-state index is 12.7. The first-order chi connectivity index (χ1) is 6.63. The molecule has 0 heterocycles. The zero-order valence-electron chi connectivity index (χ0n) is 7.46. The molecule has 0 fully saturated rings. The van der Waals surface area contributed by atoms with Crippen molar-refractivity contribution in [1.29, 1.82) is 0 Å². The van der Waals surface area contributed by atoms with E-state index < -0.39 is 11.8 Å². The van der Waals surface area contributed by atoms with Crippen LogP contribution in [-0.2, 0) is 9.53 Å². The first-order valence-corrected chi connectivity index (χ1v) is 4.22. The number of esters is 1. The molecule has 0 spiro atoms. The average Bonchev–Trinajstić information content (AvgIpc) is 2.19. The fourth-order valence-electron chi connectivity index (χ4n) is 0.868. The van der Waals surface area contributed by atoms with E-state index in [0.717, 1.165) is 0 Å². The zero-order valence-corrected chi connectivity index (χ0v) is 8.22. The smallest absolute Gasteiger partial charge is 0.330 e. The van der Waals surface area contributed by atoms with Crippen LogP contribution < -0.4 is 0 Å². The van der Waals surface area contributed by atoms with Gasteiger partial charge in [-0.2, -0.15) is 0 Å². The highest BCUT2D eigenvalue weighted by Gasteiger charge is 1.99. The molecule has 0 saturated heterocycles. The molecule has 0 bridgehead atoms. The number of benzene rings is 1. The topological polar surface area (TPSA) is 26.3 Å². The minimum atomic E-state index is -0.509. The summed E-state index contributed by atoms with van der Waals surface area (Å²) in [5, 5.41) is 0.381. The normalized spacial score (nSPS) is 10.5. The summed E-state index contributed by atoms with van der Waals surface area (Å²) in [5.41, 5.74) is 0.442. The van der Waals surface area contributed by atoms with Gasteiger partial charge >= 0.3 is 5.97 Å². The molecular weight excluding hydrogens is 207 g/mol. The van der Waals surface area contributed by atoms with Crippen LogP contribution in [0.3, 0.4) is 0 Å². The molecule has 0 saturated carbocycles. The molecule has 0 aromatic heterocycles. The van der Waals surface area contributed by atoms with Gasteiger partial charge in [0.2, 0.25) is 0 Å². The minimum Gasteiger partial charge on any atom is -0.466 e. The molecule has 74 valence electrons. The van der Waals surface area contributed by atoms with Crippen molar-refractivity contribution in [3.8, 4) is 0 Å². The molecule has 1 aromatic carbocycles. The monoisotopic (exact) mass is 214 g/mol. The molecular formula is C10H8ClFO2. The van der Waals surface area contributed by atoms with Crippen LogP contribution in [0.4, 0.5) is 4.39 Å². The lowest BCUT2D eigenvalue weighted by Crippen LogP contribution is -1.93. The Kier molecular flexibility index (Phi) is 3.65.